The second-order valence-electron chi connectivity index (χ2n) is 3.55. The van der Waals surface area contributed by atoms with E-state index in [1.807, 2.05) is 0 Å². The first-order valence-electron chi connectivity index (χ1n) is 4.56. The molecule has 0 aromatic rings. The van der Waals surface area contributed by atoms with Crippen LogP contribution in [0, 0.1) is 0 Å². The zero-order valence-electron chi connectivity index (χ0n) is 8.25. The van der Waals surface area contributed by atoms with Crippen molar-refractivity contribution < 1.29 is 24.9 Å². The Hall–Kier alpha value is -1.34. The Kier molecular flexibility index (Phi) is 3.48. The standard InChI is InChI=1S/C8H14N2O5/c1-4(7(13)14)9-8(15)10-2-5(11)6(12)3-10/h4-6,11-12H,2-3H2,1H3,(H,9,15)(H,13,14)/t4-,5?,6?/m1/s1. The second-order valence-corrected chi connectivity index (χ2v) is 3.55. The van der Waals surface area contributed by atoms with Crippen LogP contribution in [-0.4, -0.2) is 63.6 Å². The van der Waals surface area contributed by atoms with Crippen molar-refractivity contribution in [2.75, 3.05) is 13.1 Å². The molecule has 0 saturated carbocycles. The minimum atomic E-state index is -1.14. The van der Waals surface area contributed by atoms with E-state index in [2.05, 4.69) is 5.32 Å². The van der Waals surface area contributed by atoms with Gasteiger partial charge in [-0.2, -0.15) is 0 Å². The van der Waals surface area contributed by atoms with Crippen LogP contribution in [0.1, 0.15) is 6.92 Å². The first-order chi connectivity index (χ1) is 6.91. The molecule has 0 radical (unpaired) electrons. The summed E-state index contributed by atoms with van der Waals surface area (Å²) in [4.78, 5) is 23.0. The van der Waals surface area contributed by atoms with E-state index in [0.717, 1.165) is 0 Å². The maximum absolute atomic E-state index is 11.4. The number of nitrogens with one attached hydrogen (secondary N) is 1. The van der Waals surface area contributed by atoms with Crippen molar-refractivity contribution in [2.45, 2.75) is 25.2 Å². The van der Waals surface area contributed by atoms with Crippen molar-refractivity contribution in [3.05, 3.63) is 0 Å². The third-order valence-corrected chi connectivity index (χ3v) is 2.26. The molecular weight excluding hydrogens is 204 g/mol. The molecule has 86 valence electrons. The van der Waals surface area contributed by atoms with Gasteiger partial charge in [-0.05, 0) is 6.92 Å². The van der Waals surface area contributed by atoms with E-state index in [-0.39, 0.29) is 13.1 Å². The van der Waals surface area contributed by atoms with Crippen LogP contribution in [0.5, 0.6) is 0 Å². The zero-order valence-corrected chi connectivity index (χ0v) is 8.25. The predicted octanol–water partition coefficient (Wildman–Crippen LogP) is -1.79. The van der Waals surface area contributed by atoms with Crippen molar-refractivity contribution in [1.82, 2.24) is 10.2 Å². The van der Waals surface area contributed by atoms with Gasteiger partial charge in [-0.25, -0.2) is 4.79 Å². The number of hydrogen-bond donors (Lipinski definition) is 4. The van der Waals surface area contributed by atoms with E-state index in [1.54, 1.807) is 0 Å². The normalized spacial score (nSPS) is 27.5. The molecule has 0 bridgehead atoms. The van der Waals surface area contributed by atoms with Gasteiger partial charge in [0, 0.05) is 0 Å². The molecule has 1 saturated heterocycles. The fourth-order valence-corrected chi connectivity index (χ4v) is 1.27. The Balaban J connectivity index is 2.45. The smallest absolute Gasteiger partial charge is 0.325 e. The molecule has 1 rings (SSSR count). The molecule has 2 unspecified atom stereocenters. The molecule has 0 aromatic heterocycles. The van der Waals surface area contributed by atoms with Gasteiger partial charge < -0.3 is 25.5 Å². The van der Waals surface area contributed by atoms with E-state index >= 15 is 0 Å². The van der Waals surface area contributed by atoms with Crippen LogP contribution in [0.2, 0.25) is 0 Å². The highest BCUT2D eigenvalue weighted by Gasteiger charge is 2.33. The second kappa shape index (κ2) is 4.45. The number of nitrogens with zero attached hydrogens (tertiary/aromatic N) is 1. The van der Waals surface area contributed by atoms with E-state index in [4.69, 9.17) is 5.11 Å². The van der Waals surface area contributed by atoms with Crippen molar-refractivity contribution in [1.29, 1.82) is 0 Å². The third kappa shape index (κ3) is 2.80. The molecule has 3 atom stereocenters. The number of carbonyl (C=O) groups is 2. The number of carboxylic acid groups (broad SMARTS) is 1. The monoisotopic (exact) mass is 218 g/mol. The average Bonchev–Trinajstić information content (AvgIpc) is 2.46. The van der Waals surface area contributed by atoms with Gasteiger partial charge in [0.25, 0.3) is 0 Å². The number of likely N-dealkylation sites (tertiary alicyclic amines) is 1. The highest BCUT2D eigenvalue weighted by atomic mass is 16.4. The van der Waals surface area contributed by atoms with E-state index in [0.29, 0.717) is 0 Å². The summed E-state index contributed by atoms with van der Waals surface area (Å²) in [5.41, 5.74) is 0. The van der Waals surface area contributed by atoms with Crippen molar-refractivity contribution in [3.63, 3.8) is 0 Å². The molecule has 0 aliphatic carbocycles. The Labute approximate surface area is 86.3 Å². The van der Waals surface area contributed by atoms with Crippen LogP contribution >= 0.6 is 0 Å². The Morgan fingerprint density at radius 2 is 1.80 bits per heavy atom. The fraction of sp³-hybridized carbons (Fsp3) is 0.750. The van der Waals surface area contributed by atoms with Gasteiger partial charge in [0.1, 0.15) is 6.04 Å². The number of amides is 2. The summed E-state index contributed by atoms with van der Waals surface area (Å²) in [6.07, 6.45) is -1.92. The quantitative estimate of drug-likeness (QED) is 0.437. The summed E-state index contributed by atoms with van der Waals surface area (Å²) in [7, 11) is 0. The molecule has 7 nitrogen and oxygen atoms in total. The van der Waals surface area contributed by atoms with Crippen LogP contribution in [0.25, 0.3) is 0 Å². The summed E-state index contributed by atoms with van der Waals surface area (Å²) in [6.45, 7) is 1.36. The maximum Gasteiger partial charge on any atom is 0.325 e. The number of β-amino-alcohol motifs (C(OH)–C–C–N with tert-alkyl or cyclic N) is 2. The number of carboxylic acids is 1. The molecule has 0 aromatic carbocycles. The SMILES string of the molecule is C[C@@H](NC(=O)N1CC(O)C(O)C1)C(=O)O. The van der Waals surface area contributed by atoms with Crippen LogP contribution < -0.4 is 5.32 Å². The lowest BCUT2D eigenvalue weighted by Crippen LogP contribution is -2.46. The maximum atomic E-state index is 11.4. The first kappa shape index (κ1) is 11.7. The average molecular weight is 218 g/mol. The van der Waals surface area contributed by atoms with Gasteiger partial charge in [-0.1, -0.05) is 0 Å². The molecular formula is C8H14N2O5. The van der Waals surface area contributed by atoms with E-state index < -0.39 is 30.3 Å². The van der Waals surface area contributed by atoms with E-state index in [1.165, 1.54) is 11.8 Å². The number of aliphatic hydroxyl groups is 2. The van der Waals surface area contributed by atoms with Gasteiger partial charge in [0.05, 0.1) is 25.3 Å². The fourth-order valence-electron chi connectivity index (χ4n) is 1.27. The van der Waals surface area contributed by atoms with Crippen LogP contribution in [-0.2, 0) is 4.79 Å². The number of aliphatic carboxylic acids is 1. The lowest BCUT2D eigenvalue weighted by molar-refractivity contribution is -0.138. The topological polar surface area (TPSA) is 110 Å². The van der Waals surface area contributed by atoms with Crippen LogP contribution in [0.3, 0.4) is 0 Å². The van der Waals surface area contributed by atoms with Gasteiger partial charge in [0.15, 0.2) is 0 Å². The molecule has 15 heavy (non-hydrogen) atoms. The number of rotatable bonds is 2. The van der Waals surface area contributed by atoms with Crippen molar-refractivity contribution in [3.8, 4) is 0 Å². The number of aliphatic hydroxyl groups excluding tert-OH is 2. The molecule has 4 N–H and O–H groups in total. The highest BCUT2D eigenvalue weighted by molar-refractivity contribution is 5.82. The Morgan fingerprint density at radius 1 is 1.33 bits per heavy atom. The van der Waals surface area contributed by atoms with Crippen LogP contribution in [0.15, 0.2) is 0 Å². The largest absolute Gasteiger partial charge is 0.480 e. The van der Waals surface area contributed by atoms with Gasteiger partial charge in [-0.3, -0.25) is 4.79 Å². The molecule has 1 heterocycles. The predicted molar refractivity (Wildman–Crippen MR) is 49.2 cm³/mol. The molecule has 1 aliphatic heterocycles. The summed E-state index contributed by atoms with van der Waals surface area (Å²) in [5.74, 6) is -1.14. The van der Waals surface area contributed by atoms with Crippen molar-refractivity contribution in [2.24, 2.45) is 0 Å². The number of carbonyl (C=O) groups excluding carboxylic acids is 1. The summed E-state index contributed by atoms with van der Waals surface area (Å²) < 4.78 is 0. The number of hydrogen-bond acceptors (Lipinski definition) is 4. The molecule has 7 heteroatoms. The minimum Gasteiger partial charge on any atom is -0.480 e. The number of urea groups is 1. The first-order valence-corrected chi connectivity index (χ1v) is 4.56. The molecule has 0 spiro atoms. The highest BCUT2D eigenvalue weighted by Crippen LogP contribution is 2.09. The minimum absolute atomic E-state index is 0.0132. The summed E-state index contributed by atoms with van der Waals surface area (Å²) >= 11 is 0. The van der Waals surface area contributed by atoms with Crippen molar-refractivity contribution >= 4 is 12.0 Å². The van der Waals surface area contributed by atoms with E-state index in [9.17, 15) is 19.8 Å². The summed E-state index contributed by atoms with van der Waals surface area (Å²) in [5, 5.41) is 29.1. The third-order valence-electron chi connectivity index (χ3n) is 2.26. The molecule has 1 fully saturated rings. The Bertz CT molecular complexity index is 260. The Morgan fingerprint density at radius 3 is 2.20 bits per heavy atom. The lowest BCUT2D eigenvalue weighted by Gasteiger charge is -2.18. The lowest BCUT2D eigenvalue weighted by atomic mass is 10.3. The van der Waals surface area contributed by atoms with Crippen LogP contribution in [0.4, 0.5) is 4.79 Å². The molecule has 1 aliphatic rings. The van der Waals surface area contributed by atoms with Gasteiger partial charge in [0.2, 0.25) is 0 Å². The summed E-state index contributed by atoms with van der Waals surface area (Å²) in [6, 6.07) is -1.59. The van der Waals surface area contributed by atoms with Gasteiger partial charge in [-0.15, -0.1) is 0 Å². The zero-order chi connectivity index (χ0) is 11.6. The molecule has 2 amide bonds. The van der Waals surface area contributed by atoms with Gasteiger partial charge >= 0.3 is 12.0 Å².